The first kappa shape index (κ1) is 7.03. The van der Waals surface area contributed by atoms with Crippen molar-refractivity contribution in [2.24, 2.45) is 0 Å². The molecule has 3 heteroatoms. The normalized spacial score (nSPS) is 10.1. The lowest BCUT2D eigenvalue weighted by Crippen LogP contribution is -1.94. The number of nitrogens with zero attached hydrogens (tertiary/aromatic N) is 3. The average molecular weight is 158 g/mol. The van der Waals surface area contributed by atoms with Crippen molar-refractivity contribution in [1.82, 2.24) is 14.5 Å². The van der Waals surface area contributed by atoms with E-state index in [-0.39, 0.29) is 0 Å². The number of hydrogen-bond donors (Lipinski definition) is 0. The van der Waals surface area contributed by atoms with Crippen molar-refractivity contribution in [2.75, 3.05) is 0 Å². The third-order valence-electron chi connectivity index (χ3n) is 1.66. The maximum absolute atomic E-state index is 4.02. The topological polar surface area (TPSA) is 30.7 Å². The fourth-order valence-corrected chi connectivity index (χ4v) is 1.07. The first-order valence-corrected chi connectivity index (χ1v) is 3.63. The molecule has 12 heavy (non-hydrogen) atoms. The summed E-state index contributed by atoms with van der Waals surface area (Å²) in [4.78, 5) is 7.96. The van der Waals surface area contributed by atoms with E-state index in [1.54, 1.807) is 18.6 Å². The molecular weight excluding hydrogens is 150 g/mol. The second-order valence-corrected chi connectivity index (χ2v) is 2.42. The van der Waals surface area contributed by atoms with Gasteiger partial charge in [-0.05, 0) is 12.1 Å². The number of pyridine rings is 1. The smallest absolute Gasteiger partial charge is 0.113 e. The van der Waals surface area contributed by atoms with Crippen molar-refractivity contribution in [3.05, 3.63) is 49.7 Å². The van der Waals surface area contributed by atoms with E-state index in [0.29, 0.717) is 0 Å². The second kappa shape index (κ2) is 2.77. The standard InChI is InChI=1S/C9H8N3/c1-8-11-6-7-12(8)9-2-4-10-5-3-9/h2-7H,1H2. The van der Waals surface area contributed by atoms with E-state index in [1.165, 1.54) is 0 Å². The minimum Gasteiger partial charge on any atom is -0.304 e. The number of aromatic nitrogens is 3. The van der Waals surface area contributed by atoms with Gasteiger partial charge in [-0.25, -0.2) is 4.98 Å². The van der Waals surface area contributed by atoms with Gasteiger partial charge in [0.25, 0.3) is 0 Å². The number of rotatable bonds is 1. The Labute approximate surface area is 70.7 Å². The quantitative estimate of drug-likeness (QED) is 0.628. The molecule has 0 saturated carbocycles. The second-order valence-electron chi connectivity index (χ2n) is 2.42. The van der Waals surface area contributed by atoms with Gasteiger partial charge in [0.1, 0.15) is 5.82 Å². The molecule has 0 atom stereocenters. The van der Waals surface area contributed by atoms with Crippen LogP contribution in [0, 0.1) is 6.92 Å². The monoisotopic (exact) mass is 158 g/mol. The highest BCUT2D eigenvalue weighted by molar-refractivity contribution is 5.30. The van der Waals surface area contributed by atoms with Crippen LogP contribution in [0.25, 0.3) is 5.69 Å². The Hall–Kier alpha value is -1.64. The van der Waals surface area contributed by atoms with Gasteiger partial charge in [0, 0.05) is 37.4 Å². The summed E-state index contributed by atoms with van der Waals surface area (Å²) in [6.07, 6.45) is 7.09. The molecule has 0 N–H and O–H groups in total. The molecule has 0 bridgehead atoms. The summed E-state index contributed by atoms with van der Waals surface area (Å²) in [5.74, 6) is 0.737. The molecule has 59 valence electrons. The van der Waals surface area contributed by atoms with Crippen LogP contribution in [0.15, 0.2) is 36.9 Å². The third kappa shape index (κ3) is 1.09. The fourth-order valence-electron chi connectivity index (χ4n) is 1.07. The molecule has 0 aliphatic heterocycles. The van der Waals surface area contributed by atoms with Gasteiger partial charge < -0.3 is 4.57 Å². The van der Waals surface area contributed by atoms with Gasteiger partial charge in [-0.1, -0.05) is 0 Å². The molecule has 0 aromatic carbocycles. The van der Waals surface area contributed by atoms with Crippen molar-refractivity contribution in [3.63, 3.8) is 0 Å². The summed E-state index contributed by atoms with van der Waals surface area (Å²) in [6, 6.07) is 3.83. The summed E-state index contributed by atoms with van der Waals surface area (Å²) >= 11 is 0. The Kier molecular flexibility index (Phi) is 1.63. The van der Waals surface area contributed by atoms with E-state index < -0.39 is 0 Å². The van der Waals surface area contributed by atoms with E-state index in [2.05, 4.69) is 16.9 Å². The van der Waals surface area contributed by atoms with Crippen molar-refractivity contribution >= 4 is 0 Å². The van der Waals surface area contributed by atoms with Crippen molar-refractivity contribution in [1.29, 1.82) is 0 Å². The Morgan fingerprint density at radius 3 is 2.50 bits per heavy atom. The fraction of sp³-hybridized carbons (Fsp3) is 0. The molecule has 2 aromatic rings. The highest BCUT2D eigenvalue weighted by Crippen LogP contribution is 2.07. The average Bonchev–Trinajstić information content (AvgIpc) is 2.53. The Morgan fingerprint density at radius 1 is 1.17 bits per heavy atom. The lowest BCUT2D eigenvalue weighted by atomic mass is 10.4. The van der Waals surface area contributed by atoms with Crippen LogP contribution < -0.4 is 0 Å². The molecule has 2 rings (SSSR count). The maximum atomic E-state index is 4.02. The van der Waals surface area contributed by atoms with E-state index in [1.807, 2.05) is 22.9 Å². The third-order valence-corrected chi connectivity index (χ3v) is 1.66. The molecule has 0 fully saturated rings. The first-order chi connectivity index (χ1) is 5.88. The van der Waals surface area contributed by atoms with Crippen LogP contribution in [0.4, 0.5) is 0 Å². The van der Waals surface area contributed by atoms with Crippen LogP contribution in [0.5, 0.6) is 0 Å². The SMILES string of the molecule is [CH2]c1nccn1-c1ccncc1. The Morgan fingerprint density at radius 2 is 1.92 bits per heavy atom. The Balaban J connectivity index is 2.51. The molecule has 0 aliphatic carbocycles. The van der Waals surface area contributed by atoms with Gasteiger partial charge in [-0.3, -0.25) is 4.98 Å². The molecule has 0 spiro atoms. The van der Waals surface area contributed by atoms with Gasteiger partial charge in [-0.2, -0.15) is 0 Å². The molecule has 1 radical (unpaired) electrons. The lowest BCUT2D eigenvalue weighted by molar-refractivity contribution is 1.01. The zero-order chi connectivity index (χ0) is 8.39. The van der Waals surface area contributed by atoms with Gasteiger partial charge in [-0.15, -0.1) is 0 Å². The van der Waals surface area contributed by atoms with Gasteiger partial charge in [0.05, 0.1) is 0 Å². The van der Waals surface area contributed by atoms with E-state index in [9.17, 15) is 0 Å². The largest absolute Gasteiger partial charge is 0.304 e. The van der Waals surface area contributed by atoms with E-state index in [4.69, 9.17) is 0 Å². The molecule has 0 unspecified atom stereocenters. The zero-order valence-corrected chi connectivity index (χ0v) is 6.51. The predicted molar refractivity (Wildman–Crippen MR) is 45.8 cm³/mol. The number of hydrogen-bond acceptors (Lipinski definition) is 2. The summed E-state index contributed by atoms with van der Waals surface area (Å²) in [5, 5.41) is 0. The number of imidazole rings is 1. The van der Waals surface area contributed by atoms with Crippen LogP contribution >= 0.6 is 0 Å². The molecule has 2 aromatic heterocycles. The summed E-state index contributed by atoms with van der Waals surface area (Å²) < 4.78 is 1.90. The van der Waals surface area contributed by atoms with Crippen LogP contribution in [0.1, 0.15) is 5.82 Å². The molecular formula is C9H8N3. The highest BCUT2D eigenvalue weighted by Gasteiger charge is 1.97. The van der Waals surface area contributed by atoms with Crippen molar-refractivity contribution < 1.29 is 0 Å². The van der Waals surface area contributed by atoms with Crippen LogP contribution in [0.3, 0.4) is 0 Å². The lowest BCUT2D eigenvalue weighted by Gasteiger charge is -2.02. The molecule has 0 saturated heterocycles. The van der Waals surface area contributed by atoms with Gasteiger partial charge in [0.2, 0.25) is 0 Å². The van der Waals surface area contributed by atoms with Crippen molar-refractivity contribution in [3.8, 4) is 5.69 Å². The van der Waals surface area contributed by atoms with E-state index in [0.717, 1.165) is 11.5 Å². The minimum absolute atomic E-state index is 0.737. The molecule has 0 amide bonds. The summed E-state index contributed by atoms with van der Waals surface area (Å²) in [5.41, 5.74) is 1.03. The molecule has 3 nitrogen and oxygen atoms in total. The van der Waals surface area contributed by atoms with Crippen LogP contribution in [0.2, 0.25) is 0 Å². The maximum Gasteiger partial charge on any atom is 0.113 e. The molecule has 0 aliphatic rings. The van der Waals surface area contributed by atoms with Crippen LogP contribution in [-0.4, -0.2) is 14.5 Å². The Bertz CT molecular complexity index is 364. The summed E-state index contributed by atoms with van der Waals surface area (Å²) in [7, 11) is 0. The van der Waals surface area contributed by atoms with Crippen LogP contribution in [-0.2, 0) is 0 Å². The zero-order valence-electron chi connectivity index (χ0n) is 6.51. The molecule has 2 heterocycles. The van der Waals surface area contributed by atoms with E-state index >= 15 is 0 Å². The van der Waals surface area contributed by atoms with Crippen molar-refractivity contribution in [2.45, 2.75) is 0 Å². The van der Waals surface area contributed by atoms with Gasteiger partial charge in [0.15, 0.2) is 0 Å². The summed E-state index contributed by atoms with van der Waals surface area (Å²) in [6.45, 7) is 3.79. The predicted octanol–water partition coefficient (Wildman–Crippen LogP) is 1.45. The highest BCUT2D eigenvalue weighted by atomic mass is 15.1. The minimum atomic E-state index is 0.737. The van der Waals surface area contributed by atoms with Gasteiger partial charge >= 0.3 is 0 Å². The first-order valence-electron chi connectivity index (χ1n) is 3.63.